The van der Waals surface area contributed by atoms with E-state index in [0.717, 1.165) is 0 Å². The smallest absolute Gasteiger partial charge is 0.344 e. The highest BCUT2D eigenvalue weighted by Crippen LogP contribution is 2.17. The van der Waals surface area contributed by atoms with Crippen molar-refractivity contribution in [3.63, 3.8) is 0 Å². The van der Waals surface area contributed by atoms with Crippen LogP contribution in [0.1, 0.15) is 22.8 Å². The van der Waals surface area contributed by atoms with Crippen molar-refractivity contribution in [1.29, 1.82) is 0 Å². The van der Waals surface area contributed by atoms with E-state index in [1.165, 1.54) is 25.1 Å². The minimum atomic E-state index is -4.95. The monoisotopic (exact) mass is 379 g/mol. The van der Waals surface area contributed by atoms with Crippen molar-refractivity contribution < 1.29 is 27.6 Å². The first kappa shape index (κ1) is 20.0. The Morgan fingerprint density at radius 2 is 1.56 bits per heavy atom. The zero-order valence-electron chi connectivity index (χ0n) is 14.2. The van der Waals surface area contributed by atoms with Crippen LogP contribution in [0.15, 0.2) is 48.5 Å². The van der Waals surface area contributed by atoms with Crippen LogP contribution in [0, 0.1) is 0 Å². The predicted octanol–water partition coefficient (Wildman–Crippen LogP) is 3.08. The number of nitrogens with one attached hydrogen (secondary N) is 3. The van der Waals surface area contributed by atoms with Gasteiger partial charge in [0.25, 0.3) is 5.91 Å². The van der Waals surface area contributed by atoms with Gasteiger partial charge in [-0.3, -0.25) is 14.4 Å². The number of amides is 3. The number of alkyl halides is 3. The van der Waals surface area contributed by atoms with Gasteiger partial charge in [0.2, 0.25) is 5.91 Å². The molecule has 0 aliphatic heterocycles. The molecule has 3 amide bonds. The molecule has 0 unspecified atom stereocenters. The second-order valence-corrected chi connectivity index (χ2v) is 5.60. The highest BCUT2D eigenvalue weighted by Gasteiger charge is 2.38. The lowest BCUT2D eigenvalue weighted by Gasteiger charge is -2.10. The summed E-state index contributed by atoms with van der Waals surface area (Å²) in [5, 5.41) is 6.93. The van der Waals surface area contributed by atoms with Crippen molar-refractivity contribution in [2.75, 3.05) is 10.6 Å². The first-order valence-electron chi connectivity index (χ1n) is 7.78. The summed E-state index contributed by atoms with van der Waals surface area (Å²) in [6, 6.07) is 12.3. The van der Waals surface area contributed by atoms with Gasteiger partial charge in [-0.15, -0.1) is 0 Å². The fourth-order valence-electron chi connectivity index (χ4n) is 2.19. The van der Waals surface area contributed by atoms with E-state index in [1.54, 1.807) is 35.6 Å². The molecule has 0 aliphatic carbocycles. The number of hydrogen-bond donors (Lipinski definition) is 3. The van der Waals surface area contributed by atoms with Crippen molar-refractivity contribution in [3.05, 3.63) is 59.7 Å². The number of halogens is 3. The van der Waals surface area contributed by atoms with Gasteiger partial charge in [0.1, 0.15) is 0 Å². The van der Waals surface area contributed by atoms with Gasteiger partial charge in [-0.05, 0) is 35.9 Å². The molecule has 3 N–H and O–H groups in total. The number of anilines is 2. The van der Waals surface area contributed by atoms with Crippen molar-refractivity contribution >= 4 is 29.1 Å². The second-order valence-electron chi connectivity index (χ2n) is 5.60. The summed E-state index contributed by atoms with van der Waals surface area (Å²) in [5.74, 6) is -2.77. The number of hydrogen-bond acceptors (Lipinski definition) is 3. The van der Waals surface area contributed by atoms with E-state index >= 15 is 0 Å². The highest BCUT2D eigenvalue weighted by molar-refractivity contribution is 6.05. The molecule has 0 aliphatic rings. The topological polar surface area (TPSA) is 87.3 Å². The third-order valence-corrected chi connectivity index (χ3v) is 3.34. The molecule has 27 heavy (non-hydrogen) atoms. The molecule has 9 heteroatoms. The summed E-state index contributed by atoms with van der Waals surface area (Å²) in [6.07, 6.45) is -4.95. The second kappa shape index (κ2) is 8.35. The van der Waals surface area contributed by atoms with Gasteiger partial charge in [0.15, 0.2) is 0 Å². The molecule has 2 aromatic carbocycles. The fraction of sp³-hybridized carbons (Fsp3) is 0.167. The Labute approximate surface area is 152 Å². The standard InChI is InChI=1S/C18H16F3N3O3/c1-11(25)23-15-7-3-5-13(9-15)16(26)24-14-6-2-4-12(8-14)10-22-17(27)18(19,20)21/h2-9H,10H2,1H3,(H,22,27)(H,23,25)(H,24,26). The summed E-state index contributed by atoms with van der Waals surface area (Å²) in [5.41, 5.74) is 1.48. The Morgan fingerprint density at radius 3 is 2.19 bits per heavy atom. The molecule has 0 atom stereocenters. The van der Waals surface area contributed by atoms with Gasteiger partial charge < -0.3 is 16.0 Å². The van der Waals surface area contributed by atoms with Gasteiger partial charge in [-0.1, -0.05) is 18.2 Å². The molecule has 0 saturated heterocycles. The van der Waals surface area contributed by atoms with Gasteiger partial charge >= 0.3 is 12.1 Å². The van der Waals surface area contributed by atoms with Gasteiger partial charge in [0, 0.05) is 30.4 Å². The average Bonchev–Trinajstić information content (AvgIpc) is 2.58. The van der Waals surface area contributed by atoms with Crippen LogP contribution >= 0.6 is 0 Å². The van der Waals surface area contributed by atoms with Crippen LogP contribution in [0.5, 0.6) is 0 Å². The first-order valence-corrected chi connectivity index (χ1v) is 7.78. The number of benzene rings is 2. The summed E-state index contributed by atoms with van der Waals surface area (Å²) in [7, 11) is 0. The highest BCUT2D eigenvalue weighted by atomic mass is 19.4. The van der Waals surface area contributed by atoms with Gasteiger partial charge in [-0.2, -0.15) is 13.2 Å². The Balaban J connectivity index is 2.04. The van der Waals surface area contributed by atoms with Crippen LogP contribution in [0.4, 0.5) is 24.5 Å². The minimum Gasteiger partial charge on any atom is -0.344 e. The summed E-state index contributed by atoms with van der Waals surface area (Å²) >= 11 is 0. The normalized spacial score (nSPS) is 10.8. The summed E-state index contributed by atoms with van der Waals surface area (Å²) in [4.78, 5) is 34.3. The van der Waals surface area contributed by atoms with E-state index in [0.29, 0.717) is 16.9 Å². The third kappa shape index (κ3) is 6.14. The number of carbonyl (C=O) groups excluding carboxylic acids is 3. The molecular formula is C18H16F3N3O3. The number of rotatable bonds is 5. The maximum atomic E-state index is 12.3. The van der Waals surface area contributed by atoms with Crippen molar-refractivity contribution in [3.8, 4) is 0 Å². The summed E-state index contributed by atoms with van der Waals surface area (Å²) in [6.45, 7) is 1.01. The molecule has 0 saturated carbocycles. The average molecular weight is 379 g/mol. The van der Waals surface area contributed by atoms with Crippen LogP contribution < -0.4 is 16.0 Å². The molecule has 2 rings (SSSR count). The van der Waals surface area contributed by atoms with Crippen LogP contribution in [-0.2, 0) is 16.1 Å². The number of carbonyl (C=O) groups is 3. The van der Waals surface area contributed by atoms with E-state index in [1.807, 2.05) is 0 Å². The molecule has 6 nitrogen and oxygen atoms in total. The molecule has 2 aromatic rings. The Bertz CT molecular complexity index is 866. The lowest BCUT2D eigenvalue weighted by Crippen LogP contribution is -2.36. The maximum absolute atomic E-state index is 12.3. The molecular weight excluding hydrogens is 363 g/mol. The largest absolute Gasteiger partial charge is 0.471 e. The predicted molar refractivity (Wildman–Crippen MR) is 93.0 cm³/mol. The van der Waals surface area contributed by atoms with Crippen molar-refractivity contribution in [2.24, 2.45) is 0 Å². The van der Waals surface area contributed by atoms with Crippen LogP contribution in [0.3, 0.4) is 0 Å². The van der Waals surface area contributed by atoms with Gasteiger partial charge in [-0.25, -0.2) is 0 Å². The van der Waals surface area contributed by atoms with E-state index in [4.69, 9.17) is 0 Å². The zero-order valence-corrected chi connectivity index (χ0v) is 14.2. The third-order valence-electron chi connectivity index (χ3n) is 3.34. The first-order chi connectivity index (χ1) is 12.6. The van der Waals surface area contributed by atoms with Crippen molar-refractivity contribution in [2.45, 2.75) is 19.6 Å². The molecule has 0 heterocycles. The van der Waals surface area contributed by atoms with E-state index in [9.17, 15) is 27.6 Å². The zero-order chi connectivity index (χ0) is 20.0. The molecule has 0 radical (unpaired) electrons. The quantitative estimate of drug-likeness (QED) is 0.746. The Morgan fingerprint density at radius 1 is 0.926 bits per heavy atom. The molecule has 142 valence electrons. The van der Waals surface area contributed by atoms with Crippen LogP contribution in [0.25, 0.3) is 0 Å². The van der Waals surface area contributed by atoms with Crippen LogP contribution in [-0.4, -0.2) is 23.9 Å². The molecule has 0 spiro atoms. The van der Waals surface area contributed by atoms with E-state index < -0.39 is 18.0 Å². The van der Waals surface area contributed by atoms with Crippen LogP contribution in [0.2, 0.25) is 0 Å². The molecule has 0 aromatic heterocycles. The minimum absolute atomic E-state index is 0.277. The summed E-state index contributed by atoms with van der Waals surface area (Å²) < 4.78 is 36.6. The SMILES string of the molecule is CC(=O)Nc1cccc(C(=O)Nc2cccc(CNC(=O)C(F)(F)F)c2)c1. The van der Waals surface area contributed by atoms with Crippen molar-refractivity contribution in [1.82, 2.24) is 5.32 Å². The molecule has 0 fully saturated rings. The Kier molecular flexibility index (Phi) is 6.17. The Hall–Kier alpha value is -3.36. The molecule has 0 bridgehead atoms. The van der Waals surface area contributed by atoms with E-state index in [2.05, 4.69) is 10.6 Å². The fourth-order valence-corrected chi connectivity index (χ4v) is 2.19. The lowest BCUT2D eigenvalue weighted by molar-refractivity contribution is -0.173. The maximum Gasteiger partial charge on any atom is 0.471 e. The van der Waals surface area contributed by atoms with E-state index in [-0.39, 0.29) is 18.0 Å². The van der Waals surface area contributed by atoms with Gasteiger partial charge in [0.05, 0.1) is 0 Å². The lowest BCUT2D eigenvalue weighted by atomic mass is 10.1.